The molecule has 2 aromatic carbocycles. The van der Waals surface area contributed by atoms with Gasteiger partial charge in [0.1, 0.15) is 17.8 Å². The van der Waals surface area contributed by atoms with E-state index in [4.69, 9.17) is 0 Å². The fourth-order valence-corrected chi connectivity index (χ4v) is 4.48. The second kappa shape index (κ2) is 9.65. The standard InChI is InChI=1S/C27H30N6O/c1-3-32-13-15-33(16-14-32)27(34)22-11-9-21(10-12-22)24-17-23-25(28-18-29-26(23)31-24)30-19(2)20-7-5-4-6-8-20/h4-12,17-19H,3,13-16H2,1-2H3,(H2,28,29,30,31)/t19-/m0/s1. The highest BCUT2D eigenvalue weighted by Crippen LogP contribution is 2.29. The van der Waals surface area contributed by atoms with Gasteiger partial charge in [-0.25, -0.2) is 9.97 Å². The molecule has 2 N–H and O–H groups in total. The Morgan fingerprint density at radius 3 is 2.47 bits per heavy atom. The maximum Gasteiger partial charge on any atom is 0.253 e. The number of hydrogen-bond donors (Lipinski definition) is 2. The molecule has 3 heterocycles. The minimum Gasteiger partial charge on any atom is -0.363 e. The molecule has 1 amide bonds. The number of hydrogen-bond acceptors (Lipinski definition) is 5. The molecule has 4 aromatic rings. The van der Waals surface area contributed by atoms with Crippen LogP contribution in [0.25, 0.3) is 22.3 Å². The third-order valence-corrected chi connectivity index (χ3v) is 6.63. The van der Waals surface area contributed by atoms with Crippen molar-refractivity contribution in [3.8, 4) is 11.3 Å². The van der Waals surface area contributed by atoms with E-state index in [1.807, 2.05) is 47.4 Å². The molecule has 0 spiro atoms. The van der Waals surface area contributed by atoms with Gasteiger partial charge >= 0.3 is 0 Å². The van der Waals surface area contributed by atoms with E-state index in [1.165, 1.54) is 5.56 Å². The van der Waals surface area contributed by atoms with Crippen molar-refractivity contribution in [1.29, 1.82) is 0 Å². The molecule has 1 atom stereocenters. The van der Waals surface area contributed by atoms with Gasteiger partial charge in [-0.15, -0.1) is 0 Å². The fourth-order valence-electron chi connectivity index (χ4n) is 4.48. The molecule has 1 aliphatic rings. The molecule has 0 radical (unpaired) electrons. The Balaban J connectivity index is 1.33. The smallest absolute Gasteiger partial charge is 0.253 e. The van der Waals surface area contributed by atoms with E-state index in [9.17, 15) is 4.79 Å². The zero-order valence-electron chi connectivity index (χ0n) is 19.7. The molecule has 1 fully saturated rings. The van der Waals surface area contributed by atoms with Crippen LogP contribution in [0.2, 0.25) is 0 Å². The Morgan fingerprint density at radius 1 is 1.03 bits per heavy atom. The molecular formula is C27H30N6O. The van der Waals surface area contributed by atoms with Gasteiger partial charge in [0.05, 0.1) is 5.39 Å². The molecule has 0 aliphatic carbocycles. The lowest BCUT2D eigenvalue weighted by Crippen LogP contribution is -2.48. The average molecular weight is 455 g/mol. The number of aromatic nitrogens is 3. The second-order valence-corrected chi connectivity index (χ2v) is 8.75. The summed E-state index contributed by atoms with van der Waals surface area (Å²) in [4.78, 5) is 29.5. The fraction of sp³-hybridized carbons (Fsp3) is 0.296. The van der Waals surface area contributed by atoms with Gasteiger partial charge in [0.2, 0.25) is 0 Å². The van der Waals surface area contributed by atoms with E-state index in [0.29, 0.717) is 0 Å². The van der Waals surface area contributed by atoms with E-state index in [2.05, 4.69) is 57.2 Å². The number of piperazine rings is 1. The Labute approximate surface area is 199 Å². The van der Waals surface area contributed by atoms with E-state index >= 15 is 0 Å². The number of likely N-dealkylation sites (N-methyl/N-ethyl adjacent to an activating group) is 1. The average Bonchev–Trinajstić information content (AvgIpc) is 3.34. The Hall–Kier alpha value is -3.71. The SMILES string of the molecule is CCN1CCN(C(=O)c2ccc(-c3cc4c(N[C@@H](C)c5ccccc5)ncnc4[nH]3)cc2)CC1. The van der Waals surface area contributed by atoms with Gasteiger partial charge in [-0.1, -0.05) is 49.4 Å². The lowest BCUT2D eigenvalue weighted by Gasteiger charge is -2.34. The van der Waals surface area contributed by atoms with Gasteiger partial charge in [0, 0.05) is 43.5 Å². The topological polar surface area (TPSA) is 77.2 Å². The Morgan fingerprint density at radius 2 is 1.76 bits per heavy atom. The van der Waals surface area contributed by atoms with Gasteiger partial charge in [-0.3, -0.25) is 4.79 Å². The maximum absolute atomic E-state index is 12.9. The van der Waals surface area contributed by atoms with Crippen LogP contribution in [-0.4, -0.2) is 63.4 Å². The van der Waals surface area contributed by atoms with Gasteiger partial charge < -0.3 is 20.1 Å². The number of rotatable bonds is 6. The Bertz CT molecular complexity index is 1260. The number of benzene rings is 2. The summed E-state index contributed by atoms with van der Waals surface area (Å²) in [6.07, 6.45) is 1.57. The third kappa shape index (κ3) is 4.52. The molecule has 5 rings (SSSR count). The molecule has 1 aliphatic heterocycles. The Kier molecular flexibility index (Phi) is 6.27. The number of carbonyl (C=O) groups excluding carboxylic acids is 1. The summed E-state index contributed by atoms with van der Waals surface area (Å²) in [6, 6.07) is 20.3. The van der Waals surface area contributed by atoms with Crippen molar-refractivity contribution in [1.82, 2.24) is 24.8 Å². The summed E-state index contributed by atoms with van der Waals surface area (Å²) >= 11 is 0. The molecule has 0 unspecified atom stereocenters. The first-order valence-corrected chi connectivity index (χ1v) is 11.9. The summed E-state index contributed by atoms with van der Waals surface area (Å²) in [5.41, 5.74) is 4.65. The van der Waals surface area contributed by atoms with Crippen molar-refractivity contribution in [2.75, 3.05) is 38.0 Å². The number of fused-ring (bicyclic) bond motifs is 1. The van der Waals surface area contributed by atoms with Crippen molar-refractivity contribution >= 4 is 22.8 Å². The number of H-pyrrole nitrogens is 1. The number of nitrogens with one attached hydrogen (secondary N) is 2. The zero-order chi connectivity index (χ0) is 23.5. The molecule has 0 saturated carbocycles. The van der Waals surface area contributed by atoms with Gasteiger partial charge in [0.15, 0.2) is 0 Å². The van der Waals surface area contributed by atoms with E-state index in [-0.39, 0.29) is 11.9 Å². The van der Waals surface area contributed by atoms with Crippen molar-refractivity contribution in [3.05, 3.63) is 78.1 Å². The lowest BCUT2D eigenvalue weighted by atomic mass is 10.1. The number of aromatic amines is 1. The third-order valence-electron chi connectivity index (χ3n) is 6.63. The summed E-state index contributed by atoms with van der Waals surface area (Å²) in [5.74, 6) is 0.896. The molecule has 2 aromatic heterocycles. The lowest BCUT2D eigenvalue weighted by molar-refractivity contribution is 0.0643. The summed E-state index contributed by atoms with van der Waals surface area (Å²) in [7, 11) is 0. The molecular weight excluding hydrogens is 424 g/mol. The van der Waals surface area contributed by atoms with Crippen LogP contribution < -0.4 is 5.32 Å². The van der Waals surface area contributed by atoms with Crippen molar-refractivity contribution in [2.24, 2.45) is 0 Å². The zero-order valence-corrected chi connectivity index (χ0v) is 19.7. The predicted octanol–water partition coefficient (Wildman–Crippen LogP) is 4.58. The quantitative estimate of drug-likeness (QED) is 0.446. The minimum absolute atomic E-state index is 0.103. The van der Waals surface area contributed by atoms with Gasteiger partial charge in [-0.2, -0.15) is 0 Å². The van der Waals surface area contributed by atoms with E-state index < -0.39 is 0 Å². The van der Waals surface area contributed by atoms with E-state index in [0.717, 1.165) is 66.4 Å². The van der Waals surface area contributed by atoms with Gasteiger partial charge in [0.25, 0.3) is 5.91 Å². The number of amides is 1. The maximum atomic E-state index is 12.9. The van der Waals surface area contributed by atoms with Crippen LogP contribution in [-0.2, 0) is 0 Å². The highest BCUT2D eigenvalue weighted by molar-refractivity contribution is 5.95. The molecule has 1 saturated heterocycles. The first-order chi connectivity index (χ1) is 16.6. The van der Waals surface area contributed by atoms with Crippen LogP contribution in [0.5, 0.6) is 0 Å². The number of nitrogens with zero attached hydrogens (tertiary/aromatic N) is 4. The van der Waals surface area contributed by atoms with Crippen LogP contribution in [0.4, 0.5) is 5.82 Å². The van der Waals surface area contributed by atoms with Crippen LogP contribution in [0.3, 0.4) is 0 Å². The molecule has 34 heavy (non-hydrogen) atoms. The van der Waals surface area contributed by atoms with Crippen LogP contribution in [0.15, 0.2) is 67.0 Å². The van der Waals surface area contributed by atoms with Gasteiger partial charge in [-0.05, 0) is 42.8 Å². The highest BCUT2D eigenvalue weighted by atomic mass is 16.2. The molecule has 174 valence electrons. The molecule has 7 nitrogen and oxygen atoms in total. The largest absolute Gasteiger partial charge is 0.363 e. The normalized spacial score (nSPS) is 15.4. The number of anilines is 1. The summed E-state index contributed by atoms with van der Waals surface area (Å²) < 4.78 is 0. The summed E-state index contributed by atoms with van der Waals surface area (Å²) in [6.45, 7) is 8.77. The first kappa shape index (κ1) is 22.1. The minimum atomic E-state index is 0.103. The van der Waals surface area contributed by atoms with E-state index in [1.54, 1.807) is 6.33 Å². The van der Waals surface area contributed by atoms with Crippen molar-refractivity contribution in [2.45, 2.75) is 19.9 Å². The van der Waals surface area contributed by atoms with Crippen LogP contribution >= 0.6 is 0 Å². The monoisotopic (exact) mass is 454 g/mol. The second-order valence-electron chi connectivity index (χ2n) is 8.75. The molecule has 7 heteroatoms. The highest BCUT2D eigenvalue weighted by Gasteiger charge is 2.21. The van der Waals surface area contributed by atoms with Crippen LogP contribution in [0, 0.1) is 0 Å². The van der Waals surface area contributed by atoms with Crippen LogP contribution in [0.1, 0.15) is 35.8 Å². The first-order valence-electron chi connectivity index (χ1n) is 11.9. The van der Waals surface area contributed by atoms with Crippen molar-refractivity contribution in [3.63, 3.8) is 0 Å². The predicted molar refractivity (Wildman–Crippen MR) is 136 cm³/mol. The number of carbonyl (C=O) groups is 1. The molecule has 0 bridgehead atoms. The van der Waals surface area contributed by atoms with Crippen molar-refractivity contribution < 1.29 is 4.79 Å². The summed E-state index contributed by atoms with van der Waals surface area (Å²) in [5, 5.41) is 4.45.